The van der Waals surface area contributed by atoms with Crippen LogP contribution in [0.2, 0.25) is 0 Å². The molecule has 1 aromatic heterocycles. The Hall–Kier alpha value is -3.09. The van der Waals surface area contributed by atoms with Crippen molar-refractivity contribution >= 4 is 23.5 Å². The highest BCUT2D eigenvalue weighted by atomic mass is 16.4. The number of pyridine rings is 1. The topological polar surface area (TPSA) is 99.8 Å². The molecular weight excluding hydrogens is 308 g/mol. The summed E-state index contributed by atoms with van der Waals surface area (Å²) in [5.74, 6) is 0.121. The van der Waals surface area contributed by atoms with Crippen molar-refractivity contribution in [1.82, 2.24) is 9.88 Å². The predicted octanol–water partition coefficient (Wildman–Crippen LogP) is 1.60. The molecule has 2 heterocycles. The zero-order chi connectivity index (χ0) is 17.1. The van der Waals surface area contributed by atoms with E-state index in [9.17, 15) is 14.7 Å². The molecule has 124 valence electrons. The number of carbonyl (C=O) groups excluding carboxylic acids is 1. The molecule has 1 saturated heterocycles. The predicted molar refractivity (Wildman–Crippen MR) is 89.7 cm³/mol. The molecule has 1 aromatic carbocycles. The number of benzene rings is 1. The largest absolute Gasteiger partial charge is 0.465 e. The van der Waals surface area contributed by atoms with Gasteiger partial charge in [0, 0.05) is 19.5 Å². The molecule has 2 amide bonds. The molecule has 3 rings (SSSR count). The Kier molecular flexibility index (Phi) is 4.33. The van der Waals surface area contributed by atoms with Crippen molar-refractivity contribution < 1.29 is 14.7 Å². The summed E-state index contributed by atoms with van der Waals surface area (Å²) < 4.78 is 0. The minimum atomic E-state index is -1.08. The number of amides is 2. The number of piperazine rings is 1. The van der Waals surface area contributed by atoms with Crippen LogP contribution in [0.25, 0.3) is 0 Å². The average Bonchev–Trinajstić information content (AvgIpc) is 2.58. The Bertz CT molecular complexity index is 733. The maximum Gasteiger partial charge on any atom is 0.408 e. The van der Waals surface area contributed by atoms with Crippen LogP contribution in [0.4, 0.5) is 16.3 Å². The first-order valence-electron chi connectivity index (χ1n) is 7.62. The first-order chi connectivity index (χ1) is 11.6. The zero-order valence-corrected chi connectivity index (χ0v) is 13.0. The Balaban J connectivity index is 1.87. The van der Waals surface area contributed by atoms with Crippen LogP contribution < -0.4 is 10.6 Å². The van der Waals surface area contributed by atoms with Crippen LogP contribution >= 0.6 is 0 Å². The molecule has 1 fully saturated rings. The van der Waals surface area contributed by atoms with Gasteiger partial charge in [0.25, 0.3) is 0 Å². The van der Waals surface area contributed by atoms with Crippen molar-refractivity contribution in [3.63, 3.8) is 0 Å². The first-order valence-corrected chi connectivity index (χ1v) is 7.62. The second kappa shape index (κ2) is 6.57. The Morgan fingerprint density at radius 1 is 1.21 bits per heavy atom. The number of anilines is 2. The summed E-state index contributed by atoms with van der Waals surface area (Å²) in [6, 6.07) is 12.0. The highest BCUT2D eigenvalue weighted by Crippen LogP contribution is 2.22. The van der Waals surface area contributed by atoms with Crippen molar-refractivity contribution in [1.29, 1.82) is 0 Å². The third-order valence-electron chi connectivity index (χ3n) is 4.09. The number of aromatic nitrogens is 1. The minimum Gasteiger partial charge on any atom is -0.465 e. The lowest BCUT2D eigenvalue weighted by atomic mass is 10.0. The fraction of sp³-hybridized carbons (Fsp3) is 0.235. The maximum atomic E-state index is 12.9. The van der Waals surface area contributed by atoms with Gasteiger partial charge >= 0.3 is 6.09 Å². The standard InChI is InChI=1S/C17H18N4O3/c18-15-7-6-13(11-19-15)20-8-9-21(17(23)24)14(16(20)22)10-12-4-2-1-3-5-12/h1-7,11,14H,8-10H2,(H2,18,19)(H,23,24). The summed E-state index contributed by atoms with van der Waals surface area (Å²) in [6.45, 7) is 0.547. The summed E-state index contributed by atoms with van der Waals surface area (Å²) in [5.41, 5.74) is 7.12. The molecule has 0 spiro atoms. The van der Waals surface area contributed by atoms with E-state index in [1.165, 1.54) is 11.1 Å². The molecule has 2 aromatic rings. The molecule has 0 bridgehead atoms. The van der Waals surface area contributed by atoms with E-state index < -0.39 is 12.1 Å². The normalized spacial score (nSPS) is 17.8. The van der Waals surface area contributed by atoms with E-state index >= 15 is 0 Å². The fourth-order valence-corrected chi connectivity index (χ4v) is 2.86. The van der Waals surface area contributed by atoms with E-state index in [-0.39, 0.29) is 12.5 Å². The van der Waals surface area contributed by atoms with Crippen molar-refractivity contribution in [2.45, 2.75) is 12.5 Å². The van der Waals surface area contributed by atoms with Crippen molar-refractivity contribution in [3.05, 3.63) is 54.2 Å². The molecule has 1 aliphatic rings. The second-order valence-electron chi connectivity index (χ2n) is 5.61. The smallest absolute Gasteiger partial charge is 0.408 e. The summed E-state index contributed by atoms with van der Waals surface area (Å²) in [5, 5.41) is 9.42. The Morgan fingerprint density at radius 3 is 2.58 bits per heavy atom. The van der Waals surface area contributed by atoms with Crippen molar-refractivity contribution in [3.8, 4) is 0 Å². The average molecular weight is 326 g/mol. The lowest BCUT2D eigenvalue weighted by molar-refractivity contribution is -0.125. The maximum absolute atomic E-state index is 12.9. The van der Waals surface area contributed by atoms with Crippen LogP contribution in [0.3, 0.4) is 0 Å². The van der Waals surface area contributed by atoms with Gasteiger partial charge in [0.1, 0.15) is 11.9 Å². The number of nitrogen functional groups attached to an aromatic ring is 1. The molecule has 0 saturated carbocycles. The van der Waals surface area contributed by atoms with E-state index in [4.69, 9.17) is 5.73 Å². The highest BCUT2D eigenvalue weighted by Gasteiger charge is 2.38. The number of rotatable bonds is 3. The number of nitrogens with zero attached hydrogens (tertiary/aromatic N) is 3. The number of carbonyl (C=O) groups is 2. The van der Waals surface area contributed by atoms with Gasteiger partial charge < -0.3 is 15.7 Å². The van der Waals surface area contributed by atoms with E-state index in [2.05, 4.69) is 4.98 Å². The highest BCUT2D eigenvalue weighted by molar-refractivity contribution is 5.99. The Labute approximate surface area is 139 Å². The molecule has 0 aliphatic carbocycles. The lowest BCUT2D eigenvalue weighted by Gasteiger charge is -2.39. The molecular formula is C17H18N4O3. The zero-order valence-electron chi connectivity index (χ0n) is 13.0. The van der Waals surface area contributed by atoms with Gasteiger partial charge in [0.05, 0.1) is 11.9 Å². The van der Waals surface area contributed by atoms with E-state index in [1.54, 1.807) is 17.0 Å². The first kappa shape index (κ1) is 15.8. The lowest BCUT2D eigenvalue weighted by Crippen LogP contribution is -2.59. The number of nitrogens with two attached hydrogens (primary N) is 1. The molecule has 3 N–H and O–H groups in total. The van der Waals surface area contributed by atoms with Crippen LogP contribution in [0.15, 0.2) is 48.7 Å². The Morgan fingerprint density at radius 2 is 1.96 bits per heavy atom. The number of hydrogen-bond donors (Lipinski definition) is 2. The second-order valence-corrected chi connectivity index (χ2v) is 5.61. The monoisotopic (exact) mass is 326 g/mol. The van der Waals surface area contributed by atoms with Crippen molar-refractivity contribution in [2.24, 2.45) is 0 Å². The van der Waals surface area contributed by atoms with Crippen molar-refractivity contribution in [2.75, 3.05) is 23.7 Å². The quantitative estimate of drug-likeness (QED) is 0.892. The molecule has 7 nitrogen and oxygen atoms in total. The van der Waals surface area contributed by atoms with Gasteiger partial charge in [0.2, 0.25) is 5.91 Å². The van der Waals surface area contributed by atoms with E-state index in [0.29, 0.717) is 24.5 Å². The van der Waals surface area contributed by atoms with Crippen LogP contribution in [-0.4, -0.2) is 46.1 Å². The van der Waals surface area contributed by atoms with Crippen LogP contribution in [0.5, 0.6) is 0 Å². The van der Waals surface area contributed by atoms with Gasteiger partial charge in [-0.25, -0.2) is 9.78 Å². The summed E-state index contributed by atoms with van der Waals surface area (Å²) in [7, 11) is 0. The van der Waals surface area contributed by atoms with Crippen LogP contribution in [0.1, 0.15) is 5.56 Å². The van der Waals surface area contributed by atoms with E-state index in [0.717, 1.165) is 5.56 Å². The van der Waals surface area contributed by atoms with Gasteiger partial charge in [-0.1, -0.05) is 30.3 Å². The summed E-state index contributed by atoms with van der Waals surface area (Å²) in [6.07, 6.45) is 0.785. The van der Waals surface area contributed by atoms with Gasteiger partial charge in [-0.3, -0.25) is 9.69 Å². The van der Waals surface area contributed by atoms with Gasteiger partial charge in [-0.15, -0.1) is 0 Å². The third kappa shape index (κ3) is 3.15. The SMILES string of the molecule is Nc1ccc(N2CCN(C(=O)O)C(Cc3ccccc3)C2=O)cn1. The molecule has 1 atom stereocenters. The minimum absolute atomic E-state index is 0.251. The summed E-state index contributed by atoms with van der Waals surface area (Å²) >= 11 is 0. The molecule has 0 radical (unpaired) electrons. The van der Waals surface area contributed by atoms with Gasteiger partial charge in [-0.2, -0.15) is 0 Å². The molecule has 24 heavy (non-hydrogen) atoms. The molecule has 1 aliphatic heterocycles. The van der Waals surface area contributed by atoms with Gasteiger partial charge in [0.15, 0.2) is 0 Å². The van der Waals surface area contributed by atoms with E-state index in [1.807, 2.05) is 30.3 Å². The molecule has 1 unspecified atom stereocenters. The third-order valence-corrected chi connectivity index (χ3v) is 4.09. The van der Waals surface area contributed by atoms with Gasteiger partial charge in [-0.05, 0) is 17.7 Å². The summed E-state index contributed by atoms with van der Waals surface area (Å²) in [4.78, 5) is 31.2. The van der Waals surface area contributed by atoms with Crippen LogP contribution in [-0.2, 0) is 11.2 Å². The number of hydrogen-bond acceptors (Lipinski definition) is 4. The fourth-order valence-electron chi connectivity index (χ4n) is 2.86. The number of carboxylic acid groups (broad SMARTS) is 1. The molecule has 7 heteroatoms. The van der Waals surface area contributed by atoms with Crippen LogP contribution in [0, 0.1) is 0 Å².